The van der Waals surface area contributed by atoms with Crippen molar-refractivity contribution in [2.24, 2.45) is 0 Å². The van der Waals surface area contributed by atoms with Gasteiger partial charge in [0.05, 0.1) is 0 Å². The average Bonchev–Trinajstić information content (AvgIpc) is 2.36. The van der Waals surface area contributed by atoms with Crippen molar-refractivity contribution in [2.45, 2.75) is 92.2 Å². The van der Waals surface area contributed by atoms with E-state index < -0.39 is 26.5 Å². The van der Waals surface area contributed by atoms with Crippen molar-refractivity contribution in [1.29, 1.82) is 0 Å². The molecule has 0 aromatic rings. The molecule has 0 nitrogen and oxygen atoms in total. The van der Waals surface area contributed by atoms with Crippen LogP contribution in [0.3, 0.4) is 0 Å². The molecule has 19 heavy (non-hydrogen) atoms. The molecule has 0 spiro atoms. The summed E-state index contributed by atoms with van der Waals surface area (Å²) in [7, 11) is -1.28. The minimum absolute atomic E-state index is 1.28. The number of hydrogen-bond acceptors (Lipinski definition) is 0. The first-order chi connectivity index (χ1) is 8.89. The van der Waals surface area contributed by atoms with E-state index in [0.717, 1.165) is 0 Å². The Morgan fingerprint density at radius 3 is 1.37 bits per heavy atom. The second-order valence-corrected chi connectivity index (χ2v) is 25.0. The molecule has 0 bridgehead atoms. The van der Waals surface area contributed by atoms with Gasteiger partial charge in [-0.2, -0.15) is 0 Å². The van der Waals surface area contributed by atoms with Crippen LogP contribution in [-0.4, -0.2) is 26.5 Å². The monoisotopic (exact) mass is 388 g/mol. The van der Waals surface area contributed by atoms with Crippen molar-refractivity contribution >= 4 is 26.5 Å². The fraction of sp³-hybridized carbons (Fsp3) is 0.882. The summed E-state index contributed by atoms with van der Waals surface area (Å²) < 4.78 is 3.81. The van der Waals surface area contributed by atoms with Gasteiger partial charge >= 0.3 is 128 Å². The summed E-state index contributed by atoms with van der Waals surface area (Å²) in [6.45, 7) is 6.99. The Morgan fingerprint density at radius 1 is 0.737 bits per heavy atom. The van der Waals surface area contributed by atoms with Crippen LogP contribution in [0.5, 0.6) is 0 Å². The molecule has 2 heteroatoms. The van der Waals surface area contributed by atoms with Gasteiger partial charge in [0.15, 0.2) is 0 Å². The second kappa shape index (κ2) is 10.3. The van der Waals surface area contributed by atoms with Crippen LogP contribution < -0.4 is 0 Å². The van der Waals surface area contributed by atoms with Crippen LogP contribution in [0.4, 0.5) is 0 Å². The zero-order valence-corrected chi connectivity index (χ0v) is 18.2. The van der Waals surface area contributed by atoms with Crippen molar-refractivity contribution in [3.05, 3.63) is 0 Å². The minimum atomic E-state index is -1.92. The molecule has 0 fully saturated rings. The normalized spacial score (nSPS) is 12.1. The summed E-state index contributed by atoms with van der Waals surface area (Å²) in [6.07, 6.45) is 8.25. The topological polar surface area (TPSA) is 0 Å². The van der Waals surface area contributed by atoms with Crippen molar-refractivity contribution in [3.63, 3.8) is 0 Å². The molecule has 0 amide bonds. The summed E-state index contributed by atoms with van der Waals surface area (Å²) in [6, 6.07) is 4.41. The van der Waals surface area contributed by atoms with Gasteiger partial charge in [-0.15, -0.1) is 0 Å². The van der Waals surface area contributed by atoms with E-state index in [1.54, 1.807) is 0 Å². The van der Waals surface area contributed by atoms with Gasteiger partial charge in [0.2, 0.25) is 0 Å². The van der Waals surface area contributed by atoms with Gasteiger partial charge in [0, 0.05) is 0 Å². The van der Waals surface area contributed by atoms with E-state index >= 15 is 0 Å². The predicted molar refractivity (Wildman–Crippen MR) is 96.0 cm³/mol. The average molecular weight is 387 g/mol. The standard InChI is InChI=1S/C14H27Si.3CH3.Sn/c1-5-9-12-15(8-4,13-10-6-2)14-11-7-3;;;;/h5-7,9-14H2,1-3H3;3*1H3;. The van der Waals surface area contributed by atoms with E-state index in [4.69, 9.17) is 0 Å². The molecule has 0 saturated carbocycles. The number of hydrogen-bond donors (Lipinski definition) is 0. The first-order valence-electron chi connectivity index (χ1n) is 8.43. The Labute approximate surface area is 128 Å². The molecule has 0 aromatic carbocycles. The Hall–Kier alpha value is 0.576. The Kier molecular flexibility index (Phi) is 10.6. The van der Waals surface area contributed by atoms with Crippen LogP contribution in [0, 0.1) is 9.48 Å². The van der Waals surface area contributed by atoms with Crippen molar-refractivity contribution < 1.29 is 0 Å². The van der Waals surface area contributed by atoms with Crippen LogP contribution in [0.1, 0.15) is 59.3 Å². The van der Waals surface area contributed by atoms with Crippen LogP contribution in [0.15, 0.2) is 0 Å². The van der Waals surface area contributed by atoms with E-state index in [-0.39, 0.29) is 0 Å². The molecule has 0 aromatic heterocycles. The quantitative estimate of drug-likeness (QED) is 0.324. The SMILES string of the molecule is CCCC[Si](C#[C][Sn]([CH3])([CH3])[CH3])(CCCC)CCCC. The van der Waals surface area contributed by atoms with Gasteiger partial charge in [-0.1, -0.05) is 0 Å². The van der Waals surface area contributed by atoms with E-state index in [1.165, 1.54) is 56.7 Å². The second-order valence-electron chi connectivity index (χ2n) is 7.09. The number of unbranched alkanes of at least 4 members (excludes halogenated alkanes) is 3. The summed E-state index contributed by atoms with van der Waals surface area (Å²) in [5.41, 5.74) is 3.96. The van der Waals surface area contributed by atoms with Gasteiger partial charge in [-0.25, -0.2) is 0 Å². The van der Waals surface area contributed by atoms with Gasteiger partial charge in [0.1, 0.15) is 0 Å². The molecule has 0 aliphatic heterocycles. The third-order valence-electron chi connectivity index (χ3n) is 3.73. The first kappa shape index (κ1) is 19.6. The molecule has 0 unspecified atom stereocenters. The Bertz CT molecular complexity index is 258. The molecular weight excluding hydrogens is 351 g/mol. The molecule has 0 N–H and O–H groups in total. The first-order valence-corrected chi connectivity index (χ1v) is 21.0. The van der Waals surface area contributed by atoms with E-state index in [9.17, 15) is 0 Å². The summed E-state index contributed by atoms with van der Waals surface area (Å²) >= 11 is -1.92. The molecule has 0 rings (SSSR count). The van der Waals surface area contributed by atoms with Crippen molar-refractivity contribution in [2.75, 3.05) is 0 Å². The fourth-order valence-corrected chi connectivity index (χ4v) is 12.8. The molecule has 0 radical (unpaired) electrons. The molecular formula is C17H36SiSn. The summed E-state index contributed by atoms with van der Waals surface area (Å²) in [5, 5.41) is 0. The summed E-state index contributed by atoms with van der Waals surface area (Å²) in [5.74, 6) is 0. The van der Waals surface area contributed by atoms with Crippen molar-refractivity contribution in [3.8, 4) is 9.48 Å². The van der Waals surface area contributed by atoms with Gasteiger partial charge in [-0.3, -0.25) is 0 Å². The van der Waals surface area contributed by atoms with E-state index in [1.807, 2.05) is 0 Å². The zero-order chi connectivity index (χ0) is 14.8. The third kappa shape index (κ3) is 10.0. The molecule has 0 aliphatic rings. The molecule has 0 saturated heterocycles. The predicted octanol–water partition coefficient (Wildman–Crippen LogP) is 6.26. The van der Waals surface area contributed by atoms with E-state index in [0.29, 0.717) is 0 Å². The third-order valence-corrected chi connectivity index (χ3v) is 11.5. The molecule has 0 atom stereocenters. The maximum absolute atomic E-state index is 3.96. The number of rotatable bonds is 9. The van der Waals surface area contributed by atoms with Gasteiger partial charge in [-0.05, 0) is 0 Å². The fourth-order valence-electron chi connectivity index (χ4n) is 2.43. The van der Waals surface area contributed by atoms with E-state index in [2.05, 4.69) is 45.1 Å². The Balaban J connectivity index is 5.00. The molecule has 112 valence electrons. The molecule has 0 heterocycles. The van der Waals surface area contributed by atoms with Crippen molar-refractivity contribution in [1.82, 2.24) is 0 Å². The van der Waals surface area contributed by atoms with Crippen LogP contribution in [-0.2, 0) is 0 Å². The zero-order valence-electron chi connectivity index (χ0n) is 14.4. The van der Waals surface area contributed by atoms with Gasteiger partial charge < -0.3 is 0 Å². The Morgan fingerprint density at radius 2 is 1.11 bits per heavy atom. The van der Waals surface area contributed by atoms with Gasteiger partial charge in [0.25, 0.3) is 0 Å². The van der Waals surface area contributed by atoms with Crippen LogP contribution >= 0.6 is 0 Å². The van der Waals surface area contributed by atoms with Crippen LogP contribution in [0.25, 0.3) is 0 Å². The summed E-state index contributed by atoms with van der Waals surface area (Å²) in [4.78, 5) is 7.38. The van der Waals surface area contributed by atoms with Crippen LogP contribution in [0.2, 0.25) is 33.0 Å². The maximum atomic E-state index is 3.96. The molecule has 0 aliphatic carbocycles.